The Morgan fingerprint density at radius 3 is 2.79 bits per heavy atom. The molecule has 0 unspecified atom stereocenters. The van der Waals surface area contributed by atoms with Gasteiger partial charge < -0.3 is 10.6 Å². The van der Waals surface area contributed by atoms with E-state index in [0.717, 1.165) is 19.3 Å². The van der Waals surface area contributed by atoms with Crippen molar-refractivity contribution < 1.29 is 14.4 Å². The summed E-state index contributed by atoms with van der Waals surface area (Å²) in [7, 11) is 1.74. The lowest BCUT2D eigenvalue weighted by Crippen LogP contribution is -2.33. The van der Waals surface area contributed by atoms with Crippen LogP contribution in [-0.2, 0) is 9.63 Å². The average molecular weight is 446 g/mol. The standard InChI is InChI=1S/C22H22N8O3/c1-23-20-12-19(25-17-8-5-11-29(18(17)14-31)28-9-2-3-10-28)26-21-16(13-24-30(20)21)22(32)27-33-15-6-4-7-15/h2-3,5,8-13,15,23H,4,6-7H2,1H3,(H,25,26)(H,27,32). The summed E-state index contributed by atoms with van der Waals surface area (Å²) in [5.74, 6) is 2.59. The van der Waals surface area contributed by atoms with Crippen LogP contribution in [0.15, 0.2) is 66.5 Å². The molecule has 3 aromatic rings. The van der Waals surface area contributed by atoms with Gasteiger partial charge in [-0.1, -0.05) is 0 Å². The van der Waals surface area contributed by atoms with Crippen LogP contribution < -0.4 is 21.1 Å². The predicted octanol–water partition coefficient (Wildman–Crippen LogP) is 1.96. The van der Waals surface area contributed by atoms with Gasteiger partial charge in [-0.2, -0.15) is 9.61 Å². The highest BCUT2D eigenvalue weighted by molar-refractivity contribution is 5.99. The van der Waals surface area contributed by atoms with Gasteiger partial charge in [0.1, 0.15) is 17.2 Å². The van der Waals surface area contributed by atoms with Crippen LogP contribution in [0.1, 0.15) is 29.6 Å². The highest BCUT2D eigenvalue weighted by atomic mass is 16.7. The first-order valence-electron chi connectivity index (χ1n) is 10.5. The van der Waals surface area contributed by atoms with Crippen LogP contribution in [-0.4, -0.2) is 44.3 Å². The lowest BCUT2D eigenvalue weighted by molar-refractivity contribution is -0.0507. The zero-order valence-corrected chi connectivity index (χ0v) is 17.9. The molecule has 0 aromatic carbocycles. The van der Waals surface area contributed by atoms with Crippen LogP contribution in [0.5, 0.6) is 0 Å². The zero-order valence-electron chi connectivity index (χ0n) is 17.9. The van der Waals surface area contributed by atoms with Crippen molar-refractivity contribution in [2.75, 3.05) is 22.7 Å². The molecule has 1 saturated carbocycles. The molecule has 4 heterocycles. The van der Waals surface area contributed by atoms with Crippen molar-refractivity contribution in [3.63, 3.8) is 0 Å². The molecular formula is C22H22N8O3. The summed E-state index contributed by atoms with van der Waals surface area (Å²) in [6.45, 7) is 0. The van der Waals surface area contributed by atoms with Gasteiger partial charge in [0, 0.05) is 31.7 Å². The molecule has 168 valence electrons. The van der Waals surface area contributed by atoms with Crippen molar-refractivity contribution in [1.29, 1.82) is 0 Å². The van der Waals surface area contributed by atoms with Gasteiger partial charge in [0.25, 0.3) is 5.91 Å². The number of hydrogen-bond donors (Lipinski definition) is 3. The van der Waals surface area contributed by atoms with Crippen molar-refractivity contribution in [2.24, 2.45) is 0 Å². The number of rotatable bonds is 7. The Bertz CT molecular complexity index is 1300. The van der Waals surface area contributed by atoms with E-state index in [4.69, 9.17) is 4.84 Å². The number of nitrogens with zero attached hydrogens (tertiary/aromatic N) is 5. The van der Waals surface area contributed by atoms with Gasteiger partial charge in [-0.25, -0.2) is 20.3 Å². The van der Waals surface area contributed by atoms with Crippen LogP contribution in [0.4, 0.5) is 11.6 Å². The molecule has 0 bridgehead atoms. The smallest absolute Gasteiger partial charge is 0.280 e. The minimum absolute atomic E-state index is 0.0527. The van der Waals surface area contributed by atoms with E-state index in [-0.39, 0.29) is 17.4 Å². The minimum atomic E-state index is -0.421. The van der Waals surface area contributed by atoms with Gasteiger partial charge in [0.15, 0.2) is 17.3 Å². The van der Waals surface area contributed by atoms with E-state index in [0.29, 0.717) is 23.0 Å². The number of anilines is 2. The average Bonchev–Trinajstić information content (AvgIpc) is 3.47. The van der Waals surface area contributed by atoms with Crippen molar-refractivity contribution >= 4 is 29.1 Å². The number of hydroxylamine groups is 1. The molecule has 11 nitrogen and oxygen atoms in total. The molecule has 11 heteroatoms. The fraction of sp³-hybridized carbons (Fsp3) is 0.227. The molecule has 33 heavy (non-hydrogen) atoms. The van der Waals surface area contributed by atoms with Gasteiger partial charge in [-0.05, 0) is 43.5 Å². The number of carbonyl (C=O) groups excluding carboxylic acids is 2. The summed E-state index contributed by atoms with van der Waals surface area (Å²) in [5, 5.41) is 12.1. The van der Waals surface area contributed by atoms with E-state index in [9.17, 15) is 9.59 Å². The lowest BCUT2D eigenvalue weighted by atomic mass is 9.97. The van der Waals surface area contributed by atoms with Gasteiger partial charge in [0.05, 0.1) is 18.0 Å². The third-order valence-corrected chi connectivity index (χ3v) is 5.51. The van der Waals surface area contributed by atoms with Gasteiger partial charge in [-0.3, -0.25) is 14.3 Å². The molecule has 5 rings (SSSR count). The molecule has 3 aromatic heterocycles. The highest BCUT2D eigenvalue weighted by Crippen LogP contribution is 2.24. The Kier molecular flexibility index (Phi) is 5.39. The van der Waals surface area contributed by atoms with Crippen LogP contribution in [0.25, 0.3) is 5.65 Å². The summed E-state index contributed by atoms with van der Waals surface area (Å²) in [4.78, 5) is 34.5. The normalized spacial score (nSPS) is 15.7. The number of aromatic nitrogens is 4. The van der Waals surface area contributed by atoms with E-state index in [1.54, 1.807) is 41.2 Å². The number of amides is 1. The molecule has 1 amide bonds. The van der Waals surface area contributed by atoms with E-state index in [1.807, 2.05) is 30.5 Å². The molecule has 0 radical (unpaired) electrons. The Hall–Kier alpha value is -4.34. The first-order valence-corrected chi connectivity index (χ1v) is 10.5. The second-order valence-corrected chi connectivity index (χ2v) is 7.58. The first kappa shape index (κ1) is 20.6. The largest absolute Gasteiger partial charge is 0.373 e. The van der Waals surface area contributed by atoms with Crippen molar-refractivity contribution in [3.8, 4) is 0 Å². The number of hydrogen-bond acceptors (Lipinski definition) is 8. The van der Waals surface area contributed by atoms with E-state index >= 15 is 0 Å². The Morgan fingerprint density at radius 1 is 1.27 bits per heavy atom. The molecule has 0 saturated heterocycles. The predicted molar refractivity (Wildman–Crippen MR) is 121 cm³/mol. The summed E-state index contributed by atoms with van der Waals surface area (Å²) < 4.78 is 3.28. The summed E-state index contributed by atoms with van der Waals surface area (Å²) in [5.41, 5.74) is 3.88. The van der Waals surface area contributed by atoms with E-state index in [1.165, 1.54) is 10.7 Å². The fourth-order valence-electron chi connectivity index (χ4n) is 3.55. The van der Waals surface area contributed by atoms with Crippen molar-refractivity contribution in [1.82, 2.24) is 24.8 Å². The molecule has 0 atom stereocenters. The third kappa shape index (κ3) is 3.86. The maximum absolute atomic E-state index is 12.7. The molecule has 0 spiro atoms. The zero-order chi connectivity index (χ0) is 22.8. The Morgan fingerprint density at radius 2 is 2.09 bits per heavy atom. The second-order valence-electron chi connectivity index (χ2n) is 7.58. The summed E-state index contributed by atoms with van der Waals surface area (Å²) in [6.07, 6.45) is 13.4. The molecule has 2 aliphatic rings. The van der Waals surface area contributed by atoms with Gasteiger partial charge in [-0.15, -0.1) is 0 Å². The molecule has 1 fully saturated rings. The fourth-order valence-corrected chi connectivity index (χ4v) is 3.55. The van der Waals surface area contributed by atoms with Crippen LogP contribution >= 0.6 is 0 Å². The molecule has 1 aliphatic carbocycles. The van der Waals surface area contributed by atoms with Gasteiger partial charge >= 0.3 is 0 Å². The van der Waals surface area contributed by atoms with Crippen molar-refractivity contribution in [2.45, 2.75) is 25.4 Å². The Balaban J connectivity index is 1.44. The minimum Gasteiger partial charge on any atom is -0.373 e. The maximum Gasteiger partial charge on any atom is 0.280 e. The quantitative estimate of drug-likeness (QED) is 0.372. The highest BCUT2D eigenvalue weighted by Gasteiger charge is 2.23. The lowest BCUT2D eigenvalue weighted by Gasteiger charge is -2.26. The maximum atomic E-state index is 12.7. The number of allylic oxidation sites excluding steroid dienone is 2. The number of nitrogens with one attached hydrogen (secondary N) is 3. The second kappa shape index (κ2) is 8.65. The monoisotopic (exact) mass is 446 g/mol. The molecule has 1 aliphatic heterocycles. The Labute approximate surface area is 189 Å². The van der Waals surface area contributed by atoms with E-state index in [2.05, 4.69) is 26.2 Å². The SMILES string of the molecule is CNc1cc(NC2=CC=CN(n3cccc3)C2=C=O)nc2c(C(=O)NOC3CCC3)cnn12. The molecule has 3 N–H and O–H groups in total. The summed E-state index contributed by atoms with van der Waals surface area (Å²) in [6, 6.07) is 5.45. The van der Waals surface area contributed by atoms with Crippen LogP contribution in [0, 0.1) is 0 Å². The topological polar surface area (TPSA) is 118 Å². The van der Waals surface area contributed by atoms with Crippen LogP contribution in [0.3, 0.4) is 0 Å². The van der Waals surface area contributed by atoms with E-state index < -0.39 is 5.91 Å². The number of carbonyl (C=O) groups is 1. The van der Waals surface area contributed by atoms with Crippen LogP contribution in [0.2, 0.25) is 0 Å². The molecular weight excluding hydrogens is 424 g/mol. The van der Waals surface area contributed by atoms with Crippen molar-refractivity contribution in [3.05, 3.63) is 72.1 Å². The van der Waals surface area contributed by atoms with Gasteiger partial charge in [0.2, 0.25) is 0 Å². The summed E-state index contributed by atoms with van der Waals surface area (Å²) >= 11 is 0. The number of fused-ring (bicyclic) bond motifs is 1. The first-order chi connectivity index (χ1) is 16.2. The third-order valence-electron chi connectivity index (χ3n) is 5.51.